The number of carbonyl (C=O) groups is 2. The number of rotatable bonds is 7. The van der Waals surface area contributed by atoms with Crippen LogP contribution < -0.4 is 11.5 Å². The van der Waals surface area contributed by atoms with Crippen LogP contribution in [-0.2, 0) is 9.59 Å². The first-order chi connectivity index (χ1) is 6.45. The number of primary amides is 2. The molecule has 0 heterocycles. The van der Waals surface area contributed by atoms with Gasteiger partial charge in [-0.2, -0.15) is 0 Å². The van der Waals surface area contributed by atoms with Gasteiger partial charge < -0.3 is 11.5 Å². The molecule has 2 amide bonds. The Morgan fingerprint density at radius 1 is 0.929 bits per heavy atom. The Morgan fingerprint density at radius 3 is 1.43 bits per heavy atom. The maximum Gasteiger partial charge on any atom is 0.231 e. The van der Waals surface area contributed by atoms with E-state index in [1.807, 2.05) is 0 Å². The van der Waals surface area contributed by atoms with Gasteiger partial charge in [0.15, 0.2) is 0 Å². The van der Waals surface area contributed by atoms with E-state index in [2.05, 4.69) is 0 Å². The lowest BCUT2D eigenvalue weighted by atomic mass is 10.5. The molecule has 4 N–H and O–H groups in total. The maximum atomic E-state index is 10.6. The minimum absolute atomic E-state index is 0.225. The van der Waals surface area contributed by atoms with Gasteiger partial charge in [0.25, 0.3) is 0 Å². The van der Waals surface area contributed by atoms with Crippen LogP contribution in [0.2, 0.25) is 0 Å². The zero-order valence-electron chi connectivity index (χ0n) is 7.76. The molecule has 0 aliphatic heterocycles. The fourth-order valence-electron chi connectivity index (χ4n) is 0.245. The standard InChI is InChI=1S/C6H12N2O2S4/c1-3(5(7)9)11-13-14-12-4(2)6(8)10/h3-4H,1-2H3,(H2,7,9)(H2,8,10). The van der Waals surface area contributed by atoms with E-state index in [1.165, 1.54) is 41.2 Å². The van der Waals surface area contributed by atoms with Crippen LogP contribution >= 0.6 is 41.2 Å². The molecular formula is C6H12N2O2S4. The van der Waals surface area contributed by atoms with Gasteiger partial charge >= 0.3 is 0 Å². The second kappa shape index (κ2) is 7.61. The van der Waals surface area contributed by atoms with Crippen molar-refractivity contribution in [3.05, 3.63) is 0 Å². The van der Waals surface area contributed by atoms with E-state index in [9.17, 15) is 9.59 Å². The molecule has 0 aromatic carbocycles. The van der Waals surface area contributed by atoms with Crippen molar-refractivity contribution in [1.82, 2.24) is 0 Å². The third-order valence-corrected chi connectivity index (χ3v) is 8.24. The molecule has 0 spiro atoms. The van der Waals surface area contributed by atoms with Crippen LogP contribution in [0.5, 0.6) is 0 Å². The highest BCUT2D eigenvalue weighted by Crippen LogP contribution is 2.46. The molecule has 0 aliphatic carbocycles. The first-order valence-corrected chi connectivity index (χ1v) is 8.63. The first kappa shape index (κ1) is 14.3. The van der Waals surface area contributed by atoms with Crippen molar-refractivity contribution >= 4 is 53.1 Å². The van der Waals surface area contributed by atoms with Gasteiger partial charge in [-0.25, -0.2) is 0 Å². The summed E-state index contributed by atoms with van der Waals surface area (Å²) < 4.78 is 0. The van der Waals surface area contributed by atoms with E-state index in [-0.39, 0.29) is 22.3 Å². The fourth-order valence-corrected chi connectivity index (χ4v) is 6.63. The van der Waals surface area contributed by atoms with Crippen molar-refractivity contribution < 1.29 is 9.59 Å². The van der Waals surface area contributed by atoms with E-state index in [0.29, 0.717) is 0 Å². The largest absolute Gasteiger partial charge is 0.369 e. The molecule has 4 nitrogen and oxygen atoms in total. The van der Waals surface area contributed by atoms with E-state index >= 15 is 0 Å². The van der Waals surface area contributed by atoms with Crippen LogP contribution in [0.25, 0.3) is 0 Å². The van der Waals surface area contributed by atoms with E-state index in [1.54, 1.807) is 13.8 Å². The van der Waals surface area contributed by atoms with Crippen molar-refractivity contribution in [3.8, 4) is 0 Å². The molecule has 82 valence electrons. The predicted octanol–water partition coefficient (Wildman–Crippen LogP) is 1.41. The zero-order chi connectivity index (χ0) is 11.1. The lowest BCUT2D eigenvalue weighted by Crippen LogP contribution is -2.22. The van der Waals surface area contributed by atoms with E-state index in [0.717, 1.165) is 0 Å². The maximum absolute atomic E-state index is 10.6. The number of hydrogen-bond donors (Lipinski definition) is 2. The molecule has 0 rings (SSSR count). The average Bonchev–Trinajstić information content (AvgIpc) is 2.11. The fraction of sp³-hybridized carbons (Fsp3) is 0.667. The molecule has 0 aliphatic rings. The second-order valence-corrected chi connectivity index (χ2v) is 8.91. The van der Waals surface area contributed by atoms with Gasteiger partial charge in [-0.05, 0) is 33.5 Å². The lowest BCUT2D eigenvalue weighted by Gasteiger charge is -2.06. The summed E-state index contributed by atoms with van der Waals surface area (Å²) in [6.45, 7) is 3.48. The Hall–Kier alpha value is 0.340. The highest BCUT2D eigenvalue weighted by Gasteiger charge is 2.12. The SMILES string of the molecule is CC(SSSSC(C)C(N)=O)C(N)=O. The summed E-state index contributed by atoms with van der Waals surface area (Å²) in [5.74, 6) is -0.674. The molecule has 0 fully saturated rings. The van der Waals surface area contributed by atoms with Crippen LogP contribution in [0.15, 0.2) is 0 Å². The van der Waals surface area contributed by atoms with Crippen LogP contribution in [-0.4, -0.2) is 22.3 Å². The minimum Gasteiger partial charge on any atom is -0.369 e. The summed E-state index contributed by atoms with van der Waals surface area (Å²) in [6, 6.07) is 0. The van der Waals surface area contributed by atoms with Gasteiger partial charge in [0, 0.05) is 0 Å². The molecule has 14 heavy (non-hydrogen) atoms. The molecule has 2 unspecified atom stereocenters. The van der Waals surface area contributed by atoms with Crippen LogP contribution in [0.1, 0.15) is 13.8 Å². The molecule has 0 aromatic heterocycles. The Labute approximate surface area is 98.3 Å². The number of amides is 2. The van der Waals surface area contributed by atoms with E-state index < -0.39 is 0 Å². The average molecular weight is 272 g/mol. The van der Waals surface area contributed by atoms with E-state index in [4.69, 9.17) is 11.5 Å². The minimum atomic E-state index is -0.337. The Kier molecular flexibility index (Phi) is 7.79. The molecule has 2 atom stereocenters. The smallest absolute Gasteiger partial charge is 0.231 e. The highest BCUT2D eigenvalue weighted by molar-refractivity contribution is 9.26. The number of hydrogen-bond acceptors (Lipinski definition) is 6. The van der Waals surface area contributed by atoms with Crippen molar-refractivity contribution in [3.63, 3.8) is 0 Å². The third kappa shape index (κ3) is 6.74. The molecular weight excluding hydrogens is 260 g/mol. The lowest BCUT2D eigenvalue weighted by molar-refractivity contribution is -0.118. The van der Waals surface area contributed by atoms with Crippen LogP contribution in [0.3, 0.4) is 0 Å². The summed E-state index contributed by atoms with van der Waals surface area (Å²) in [6.07, 6.45) is 0. The molecule has 8 heteroatoms. The summed E-state index contributed by atoms with van der Waals surface area (Å²) in [7, 11) is 5.59. The summed E-state index contributed by atoms with van der Waals surface area (Å²) in [5, 5.41) is -0.450. The molecule has 0 bridgehead atoms. The van der Waals surface area contributed by atoms with Crippen molar-refractivity contribution in [1.29, 1.82) is 0 Å². The Balaban J connectivity index is 3.47. The van der Waals surface area contributed by atoms with Crippen molar-refractivity contribution in [2.24, 2.45) is 11.5 Å². The number of carbonyl (C=O) groups excluding carboxylic acids is 2. The predicted molar refractivity (Wildman–Crippen MR) is 67.7 cm³/mol. The van der Waals surface area contributed by atoms with Gasteiger partial charge in [0.1, 0.15) is 0 Å². The van der Waals surface area contributed by atoms with Gasteiger partial charge in [0.05, 0.1) is 10.5 Å². The molecule has 0 saturated heterocycles. The van der Waals surface area contributed by atoms with Crippen LogP contribution in [0.4, 0.5) is 0 Å². The van der Waals surface area contributed by atoms with Gasteiger partial charge in [0.2, 0.25) is 11.8 Å². The normalized spacial score (nSPS) is 14.7. The summed E-state index contributed by atoms with van der Waals surface area (Å²) >= 11 is 0. The second-order valence-electron chi connectivity index (χ2n) is 2.42. The monoisotopic (exact) mass is 272 g/mol. The summed E-state index contributed by atoms with van der Waals surface area (Å²) in [5.41, 5.74) is 10.1. The summed E-state index contributed by atoms with van der Waals surface area (Å²) in [4.78, 5) is 21.3. The molecule has 0 radical (unpaired) electrons. The Bertz CT molecular complexity index is 192. The van der Waals surface area contributed by atoms with Gasteiger partial charge in [-0.3, -0.25) is 9.59 Å². The van der Waals surface area contributed by atoms with Gasteiger partial charge in [-0.1, -0.05) is 21.6 Å². The van der Waals surface area contributed by atoms with Crippen molar-refractivity contribution in [2.45, 2.75) is 24.3 Å². The topological polar surface area (TPSA) is 86.2 Å². The van der Waals surface area contributed by atoms with Crippen molar-refractivity contribution in [2.75, 3.05) is 0 Å². The molecule has 0 saturated carbocycles. The van der Waals surface area contributed by atoms with Crippen LogP contribution in [0, 0.1) is 0 Å². The van der Waals surface area contributed by atoms with Gasteiger partial charge in [-0.15, -0.1) is 0 Å². The first-order valence-electron chi connectivity index (χ1n) is 3.69. The highest BCUT2D eigenvalue weighted by atomic mass is 33.7. The molecule has 0 aromatic rings. The zero-order valence-corrected chi connectivity index (χ0v) is 11.0. The third-order valence-electron chi connectivity index (χ3n) is 1.20. The number of nitrogens with two attached hydrogens (primary N) is 2. The quantitative estimate of drug-likeness (QED) is 0.538. The Morgan fingerprint density at radius 2 is 1.21 bits per heavy atom.